The van der Waals surface area contributed by atoms with Gasteiger partial charge in [-0.15, -0.1) is 0 Å². The fourth-order valence-electron chi connectivity index (χ4n) is 4.18. The van der Waals surface area contributed by atoms with Crippen molar-refractivity contribution < 1.29 is 14.3 Å². The topological polar surface area (TPSA) is 75.3 Å². The van der Waals surface area contributed by atoms with E-state index in [1.165, 1.54) is 10.9 Å². The van der Waals surface area contributed by atoms with Gasteiger partial charge in [-0.05, 0) is 67.6 Å². The van der Waals surface area contributed by atoms with Gasteiger partial charge in [-0.25, -0.2) is 4.98 Å². The number of pyridine rings is 1. The Kier molecular flexibility index (Phi) is 6.12. The molecule has 4 rings (SSSR count). The molecule has 0 bridgehead atoms. The molecule has 0 unspecified atom stereocenters. The molecule has 1 amide bonds. The van der Waals surface area contributed by atoms with Crippen LogP contribution < -0.4 is 4.74 Å². The van der Waals surface area contributed by atoms with Crippen LogP contribution in [0.4, 0.5) is 0 Å². The molecule has 2 aromatic heterocycles. The van der Waals surface area contributed by atoms with Gasteiger partial charge < -0.3 is 14.6 Å². The third kappa shape index (κ3) is 4.37. The zero-order valence-electron chi connectivity index (χ0n) is 17.3. The molecule has 1 saturated heterocycles. The Hall–Kier alpha value is -3.15. The molecular weight excluding hydrogens is 378 g/mol. The minimum absolute atomic E-state index is 0.00687. The van der Waals surface area contributed by atoms with Crippen LogP contribution in [0.1, 0.15) is 54.4 Å². The number of likely N-dealkylation sites (tertiary alicyclic amines) is 1. The molecule has 6 nitrogen and oxygen atoms in total. The monoisotopic (exact) mass is 405 g/mol. The predicted molar refractivity (Wildman–Crippen MR) is 116 cm³/mol. The number of aromatic amines is 1. The van der Waals surface area contributed by atoms with Crippen LogP contribution in [0.25, 0.3) is 11.0 Å². The molecule has 1 aliphatic rings. The number of hydrogen-bond acceptors (Lipinski definition) is 4. The number of piperidine rings is 1. The number of amides is 1. The number of Topliss-reactive ketones (excluding diaryl/α,β-unsaturated/α-hetero) is 1. The van der Waals surface area contributed by atoms with Gasteiger partial charge in [0.15, 0.2) is 5.78 Å². The van der Waals surface area contributed by atoms with Gasteiger partial charge in [0.1, 0.15) is 11.4 Å². The normalized spacial score (nSPS) is 14.8. The summed E-state index contributed by atoms with van der Waals surface area (Å²) in [6.07, 6.45) is 6.20. The second-order valence-corrected chi connectivity index (χ2v) is 7.68. The number of rotatable bonds is 7. The number of nitrogens with one attached hydrogen (secondary N) is 1. The van der Waals surface area contributed by atoms with Gasteiger partial charge in [-0.2, -0.15) is 0 Å². The van der Waals surface area contributed by atoms with Crippen LogP contribution >= 0.6 is 0 Å². The zero-order valence-corrected chi connectivity index (χ0v) is 17.3. The summed E-state index contributed by atoms with van der Waals surface area (Å²) in [6.45, 7) is 3.97. The highest BCUT2D eigenvalue weighted by Gasteiger charge is 2.25. The Labute approximate surface area is 176 Å². The summed E-state index contributed by atoms with van der Waals surface area (Å²) in [5.74, 6) is 1.23. The first kappa shape index (κ1) is 20.1. The highest BCUT2D eigenvalue weighted by atomic mass is 16.5. The number of hydrogen-bond donors (Lipinski definition) is 1. The van der Waals surface area contributed by atoms with E-state index in [0.717, 1.165) is 37.3 Å². The Bertz CT molecular complexity index is 1020. The summed E-state index contributed by atoms with van der Waals surface area (Å²) in [4.78, 5) is 34.5. The summed E-state index contributed by atoms with van der Waals surface area (Å²) < 4.78 is 5.40. The summed E-state index contributed by atoms with van der Waals surface area (Å²) in [5, 5.41) is 1.17. The van der Waals surface area contributed by atoms with Crippen molar-refractivity contribution in [1.29, 1.82) is 0 Å². The Morgan fingerprint density at radius 3 is 2.63 bits per heavy atom. The molecule has 0 radical (unpaired) electrons. The number of ketones is 1. The minimum atomic E-state index is -0.00687. The van der Waals surface area contributed by atoms with Crippen molar-refractivity contribution in [2.75, 3.05) is 19.7 Å². The number of aromatic nitrogens is 2. The van der Waals surface area contributed by atoms with E-state index in [2.05, 4.69) is 22.2 Å². The number of ether oxygens (including phenoxy) is 1. The largest absolute Gasteiger partial charge is 0.494 e. The number of benzene rings is 1. The van der Waals surface area contributed by atoms with Crippen molar-refractivity contribution in [2.24, 2.45) is 0 Å². The van der Waals surface area contributed by atoms with E-state index >= 15 is 0 Å². The van der Waals surface area contributed by atoms with Crippen LogP contribution in [-0.4, -0.2) is 46.3 Å². The van der Waals surface area contributed by atoms with E-state index in [-0.39, 0.29) is 24.5 Å². The van der Waals surface area contributed by atoms with Crippen LogP contribution in [0, 0.1) is 0 Å². The maximum atomic E-state index is 12.6. The van der Waals surface area contributed by atoms with E-state index in [4.69, 9.17) is 4.74 Å². The molecule has 6 heteroatoms. The lowest BCUT2D eigenvalue weighted by molar-refractivity contribution is -0.132. The first-order valence-electron chi connectivity index (χ1n) is 10.6. The molecule has 0 aliphatic carbocycles. The molecule has 1 fully saturated rings. The van der Waals surface area contributed by atoms with Gasteiger partial charge in [0.25, 0.3) is 0 Å². The van der Waals surface area contributed by atoms with Gasteiger partial charge in [0.05, 0.1) is 6.61 Å². The minimum Gasteiger partial charge on any atom is -0.494 e. The standard InChI is InChI=1S/C24H27N3O3/c1-2-30-19-7-5-18(6-8-19)22(28)9-10-23(29)27-14-11-17(12-15-27)21-16-26-24-20(21)4-3-13-25-24/h3-8,13,16-17H,2,9-12,14-15H2,1H3,(H,25,26). The summed E-state index contributed by atoms with van der Waals surface area (Å²) in [6, 6.07) is 11.2. The Balaban J connectivity index is 1.27. The van der Waals surface area contributed by atoms with Gasteiger partial charge in [-0.1, -0.05) is 0 Å². The molecular formula is C24H27N3O3. The fourth-order valence-corrected chi connectivity index (χ4v) is 4.18. The van der Waals surface area contributed by atoms with Crippen molar-refractivity contribution in [3.05, 3.63) is 59.9 Å². The van der Waals surface area contributed by atoms with Gasteiger partial charge >= 0.3 is 0 Å². The van der Waals surface area contributed by atoms with Crippen molar-refractivity contribution in [3.8, 4) is 5.75 Å². The van der Waals surface area contributed by atoms with Gasteiger partial charge in [-0.3, -0.25) is 9.59 Å². The van der Waals surface area contributed by atoms with Gasteiger partial charge in [0, 0.05) is 49.3 Å². The zero-order chi connectivity index (χ0) is 20.9. The quantitative estimate of drug-likeness (QED) is 0.594. The third-order valence-corrected chi connectivity index (χ3v) is 5.82. The summed E-state index contributed by atoms with van der Waals surface area (Å²) in [5.41, 5.74) is 2.83. The van der Waals surface area contributed by atoms with Crippen molar-refractivity contribution in [3.63, 3.8) is 0 Å². The summed E-state index contributed by atoms with van der Waals surface area (Å²) >= 11 is 0. The first-order valence-corrected chi connectivity index (χ1v) is 10.6. The van der Waals surface area contributed by atoms with Crippen LogP contribution in [0.3, 0.4) is 0 Å². The molecule has 3 aromatic rings. The second-order valence-electron chi connectivity index (χ2n) is 7.68. The van der Waals surface area contributed by atoms with E-state index in [0.29, 0.717) is 18.1 Å². The van der Waals surface area contributed by atoms with E-state index in [1.807, 2.05) is 17.9 Å². The number of carbonyl (C=O) groups excluding carboxylic acids is 2. The Morgan fingerprint density at radius 2 is 1.90 bits per heavy atom. The van der Waals surface area contributed by atoms with Crippen molar-refractivity contribution in [2.45, 2.75) is 38.5 Å². The van der Waals surface area contributed by atoms with E-state index < -0.39 is 0 Å². The third-order valence-electron chi connectivity index (χ3n) is 5.82. The first-order chi connectivity index (χ1) is 14.7. The van der Waals surface area contributed by atoms with Gasteiger partial charge in [0.2, 0.25) is 5.91 Å². The van der Waals surface area contributed by atoms with E-state index in [9.17, 15) is 9.59 Å². The van der Waals surface area contributed by atoms with Crippen LogP contribution in [0.15, 0.2) is 48.8 Å². The average molecular weight is 405 g/mol. The Morgan fingerprint density at radius 1 is 1.13 bits per heavy atom. The van der Waals surface area contributed by atoms with Crippen LogP contribution in [-0.2, 0) is 4.79 Å². The van der Waals surface area contributed by atoms with Crippen molar-refractivity contribution in [1.82, 2.24) is 14.9 Å². The molecule has 156 valence electrons. The van der Waals surface area contributed by atoms with E-state index in [1.54, 1.807) is 30.5 Å². The SMILES string of the molecule is CCOc1ccc(C(=O)CCC(=O)N2CCC(c3c[nH]c4ncccc34)CC2)cc1. The van der Waals surface area contributed by atoms with Crippen molar-refractivity contribution >= 4 is 22.7 Å². The van der Waals surface area contributed by atoms with Crippen LogP contribution in [0.2, 0.25) is 0 Å². The lowest BCUT2D eigenvalue weighted by Gasteiger charge is -2.32. The maximum Gasteiger partial charge on any atom is 0.223 e. The lowest BCUT2D eigenvalue weighted by atomic mass is 9.89. The molecule has 0 spiro atoms. The summed E-state index contributed by atoms with van der Waals surface area (Å²) in [7, 11) is 0. The maximum absolute atomic E-state index is 12.6. The molecule has 30 heavy (non-hydrogen) atoms. The number of carbonyl (C=O) groups is 2. The number of fused-ring (bicyclic) bond motifs is 1. The number of nitrogens with zero attached hydrogens (tertiary/aromatic N) is 2. The molecule has 0 saturated carbocycles. The molecule has 3 heterocycles. The highest BCUT2D eigenvalue weighted by molar-refractivity contribution is 5.98. The lowest BCUT2D eigenvalue weighted by Crippen LogP contribution is -2.38. The predicted octanol–water partition coefficient (Wildman–Crippen LogP) is 4.33. The second kappa shape index (κ2) is 9.11. The molecule has 0 atom stereocenters. The highest BCUT2D eigenvalue weighted by Crippen LogP contribution is 2.32. The number of H-pyrrole nitrogens is 1. The fraction of sp³-hybridized carbons (Fsp3) is 0.375. The van der Waals surface area contributed by atoms with Crippen LogP contribution in [0.5, 0.6) is 5.75 Å². The molecule has 1 aromatic carbocycles. The smallest absolute Gasteiger partial charge is 0.223 e. The molecule has 1 aliphatic heterocycles. The average Bonchev–Trinajstić information content (AvgIpc) is 3.22. The molecule has 1 N–H and O–H groups in total.